The van der Waals surface area contributed by atoms with Crippen LogP contribution in [-0.4, -0.2) is 17.5 Å². The van der Waals surface area contributed by atoms with Crippen LogP contribution in [0.5, 0.6) is 5.75 Å². The Morgan fingerprint density at radius 2 is 2.00 bits per heavy atom. The highest BCUT2D eigenvalue weighted by atomic mass is 35.5. The molecule has 26 heavy (non-hydrogen) atoms. The van der Waals surface area contributed by atoms with E-state index in [4.69, 9.17) is 16.3 Å². The number of ether oxygens (including phenoxy) is 1. The van der Waals surface area contributed by atoms with Gasteiger partial charge in [-0.3, -0.25) is 10.1 Å². The number of carbonyl (C=O) groups excluding carboxylic acids is 1. The number of aryl methyl sites for hydroxylation is 2. The highest BCUT2D eigenvalue weighted by Gasteiger charge is 2.12. The average Bonchev–Trinajstić information content (AvgIpc) is 2.94. The number of anilines is 1. The molecule has 0 unspecified atom stereocenters. The van der Waals surface area contributed by atoms with Crippen molar-refractivity contribution in [2.45, 2.75) is 20.3 Å². The largest absolute Gasteiger partial charge is 0.484 e. The molecule has 0 aliphatic heterocycles. The summed E-state index contributed by atoms with van der Waals surface area (Å²) >= 11 is 7.68. The van der Waals surface area contributed by atoms with Gasteiger partial charge in [-0.1, -0.05) is 41.9 Å². The molecule has 1 N–H and O–H groups in total. The molecule has 0 fully saturated rings. The van der Waals surface area contributed by atoms with E-state index in [0.29, 0.717) is 17.3 Å². The zero-order chi connectivity index (χ0) is 18.5. The summed E-state index contributed by atoms with van der Waals surface area (Å²) in [4.78, 5) is 17.6. The molecule has 1 heterocycles. The minimum atomic E-state index is -0.232. The first-order chi connectivity index (χ1) is 12.5. The Morgan fingerprint density at radius 3 is 2.77 bits per heavy atom. The number of benzene rings is 2. The van der Waals surface area contributed by atoms with E-state index in [0.717, 1.165) is 26.7 Å². The highest BCUT2D eigenvalue weighted by molar-refractivity contribution is 7.15. The molecule has 0 atom stereocenters. The summed E-state index contributed by atoms with van der Waals surface area (Å²) in [6, 6.07) is 15.3. The summed E-state index contributed by atoms with van der Waals surface area (Å²) in [5.74, 6) is 0.444. The molecule has 3 aromatic rings. The molecule has 3 rings (SSSR count). The smallest absolute Gasteiger partial charge is 0.264 e. The lowest BCUT2D eigenvalue weighted by atomic mass is 10.1. The Hall–Kier alpha value is -2.37. The number of nitrogens with one attached hydrogen (secondary N) is 1. The standard InChI is InChI=1S/C20H19ClN2O2S/c1-13-6-5-8-16(10-13)25-12-19(24)23-20-22-14(2)18(26-20)11-15-7-3-4-9-17(15)21/h3-10H,11-12H2,1-2H3,(H,22,23,24). The zero-order valence-corrected chi connectivity index (χ0v) is 16.2. The van der Waals surface area contributed by atoms with Gasteiger partial charge < -0.3 is 4.74 Å². The molecule has 0 bridgehead atoms. The number of hydrogen-bond acceptors (Lipinski definition) is 4. The van der Waals surface area contributed by atoms with E-state index < -0.39 is 0 Å². The summed E-state index contributed by atoms with van der Waals surface area (Å²) in [6.07, 6.45) is 0.693. The first-order valence-corrected chi connectivity index (χ1v) is 9.40. The fourth-order valence-corrected chi connectivity index (χ4v) is 3.67. The minimum Gasteiger partial charge on any atom is -0.484 e. The molecule has 134 valence electrons. The van der Waals surface area contributed by atoms with Gasteiger partial charge in [0.1, 0.15) is 5.75 Å². The molecular weight excluding hydrogens is 368 g/mol. The third kappa shape index (κ3) is 4.84. The Balaban J connectivity index is 1.60. The van der Waals surface area contributed by atoms with Gasteiger partial charge in [0.15, 0.2) is 11.7 Å². The number of rotatable bonds is 6. The maximum atomic E-state index is 12.1. The lowest BCUT2D eigenvalue weighted by molar-refractivity contribution is -0.118. The van der Waals surface area contributed by atoms with Crippen LogP contribution >= 0.6 is 22.9 Å². The molecular formula is C20H19ClN2O2S. The monoisotopic (exact) mass is 386 g/mol. The quantitative estimate of drug-likeness (QED) is 0.647. The molecule has 6 heteroatoms. The first kappa shape index (κ1) is 18.4. The van der Waals surface area contributed by atoms with E-state index in [9.17, 15) is 4.79 Å². The van der Waals surface area contributed by atoms with Crippen molar-refractivity contribution in [1.29, 1.82) is 0 Å². The van der Waals surface area contributed by atoms with Crippen molar-refractivity contribution >= 4 is 34.0 Å². The molecule has 0 radical (unpaired) electrons. The third-order valence-corrected chi connectivity index (χ3v) is 5.25. The van der Waals surface area contributed by atoms with Gasteiger partial charge in [-0.2, -0.15) is 0 Å². The fraction of sp³-hybridized carbons (Fsp3) is 0.200. The Labute approximate surface area is 161 Å². The van der Waals surface area contributed by atoms with Crippen LogP contribution in [0.3, 0.4) is 0 Å². The van der Waals surface area contributed by atoms with Crippen LogP contribution in [0, 0.1) is 13.8 Å². The third-order valence-electron chi connectivity index (χ3n) is 3.81. The Kier molecular flexibility index (Phi) is 5.91. The maximum absolute atomic E-state index is 12.1. The average molecular weight is 387 g/mol. The predicted molar refractivity (Wildman–Crippen MR) is 106 cm³/mol. The molecule has 0 aliphatic carbocycles. The van der Waals surface area contributed by atoms with Gasteiger partial charge >= 0.3 is 0 Å². The lowest BCUT2D eigenvalue weighted by Gasteiger charge is -2.06. The van der Waals surface area contributed by atoms with Gasteiger partial charge in [-0.05, 0) is 43.2 Å². The Morgan fingerprint density at radius 1 is 1.19 bits per heavy atom. The summed E-state index contributed by atoms with van der Waals surface area (Å²) < 4.78 is 5.52. The van der Waals surface area contributed by atoms with Crippen LogP contribution in [-0.2, 0) is 11.2 Å². The van der Waals surface area contributed by atoms with E-state index >= 15 is 0 Å². The van der Waals surface area contributed by atoms with Crippen LogP contribution in [0.4, 0.5) is 5.13 Å². The second-order valence-corrected chi connectivity index (χ2v) is 7.44. The van der Waals surface area contributed by atoms with Gasteiger partial charge in [-0.15, -0.1) is 11.3 Å². The van der Waals surface area contributed by atoms with Gasteiger partial charge in [0.05, 0.1) is 5.69 Å². The second kappa shape index (κ2) is 8.34. The van der Waals surface area contributed by atoms with Crippen molar-refractivity contribution in [1.82, 2.24) is 4.98 Å². The molecule has 0 saturated carbocycles. The lowest BCUT2D eigenvalue weighted by Crippen LogP contribution is -2.20. The number of carbonyl (C=O) groups is 1. The van der Waals surface area contributed by atoms with Crippen LogP contribution in [0.1, 0.15) is 21.7 Å². The second-order valence-electron chi connectivity index (χ2n) is 5.95. The van der Waals surface area contributed by atoms with Crippen LogP contribution in [0.25, 0.3) is 0 Å². The van der Waals surface area contributed by atoms with Gasteiger partial charge in [0, 0.05) is 16.3 Å². The maximum Gasteiger partial charge on any atom is 0.264 e. The highest BCUT2D eigenvalue weighted by Crippen LogP contribution is 2.27. The topological polar surface area (TPSA) is 51.2 Å². The number of amides is 1. The number of nitrogens with zero attached hydrogens (tertiary/aromatic N) is 1. The number of hydrogen-bond donors (Lipinski definition) is 1. The zero-order valence-electron chi connectivity index (χ0n) is 14.6. The molecule has 0 spiro atoms. The van der Waals surface area contributed by atoms with Crippen molar-refractivity contribution < 1.29 is 9.53 Å². The van der Waals surface area contributed by atoms with Gasteiger partial charge in [-0.25, -0.2) is 4.98 Å². The number of halogens is 1. The molecule has 0 aliphatic rings. The van der Waals surface area contributed by atoms with E-state index in [1.165, 1.54) is 11.3 Å². The summed E-state index contributed by atoms with van der Waals surface area (Å²) in [6.45, 7) is 3.86. The van der Waals surface area contributed by atoms with Crippen molar-refractivity contribution in [3.63, 3.8) is 0 Å². The van der Waals surface area contributed by atoms with Crippen LogP contribution in [0.2, 0.25) is 5.02 Å². The van der Waals surface area contributed by atoms with E-state index in [-0.39, 0.29) is 12.5 Å². The Bertz CT molecular complexity index is 924. The van der Waals surface area contributed by atoms with Gasteiger partial charge in [0.25, 0.3) is 5.91 Å². The summed E-state index contributed by atoms with van der Waals surface area (Å²) in [7, 11) is 0. The molecule has 0 saturated heterocycles. The predicted octanol–water partition coefficient (Wildman–Crippen LogP) is 5.02. The fourth-order valence-electron chi connectivity index (χ4n) is 2.47. The van der Waals surface area contributed by atoms with E-state index in [1.807, 2.05) is 62.4 Å². The van der Waals surface area contributed by atoms with Crippen LogP contribution < -0.4 is 10.1 Å². The van der Waals surface area contributed by atoms with Crippen molar-refractivity contribution in [2.75, 3.05) is 11.9 Å². The molecule has 1 amide bonds. The van der Waals surface area contributed by atoms with E-state index in [2.05, 4.69) is 10.3 Å². The number of aromatic nitrogens is 1. The SMILES string of the molecule is Cc1cccc(OCC(=O)Nc2nc(C)c(Cc3ccccc3Cl)s2)c1. The summed E-state index contributed by atoms with van der Waals surface area (Å²) in [5, 5.41) is 4.10. The summed E-state index contributed by atoms with van der Waals surface area (Å²) in [5.41, 5.74) is 3.02. The minimum absolute atomic E-state index is 0.0536. The van der Waals surface area contributed by atoms with Crippen molar-refractivity contribution in [2.24, 2.45) is 0 Å². The number of thiazole rings is 1. The normalized spacial score (nSPS) is 10.6. The van der Waals surface area contributed by atoms with Crippen molar-refractivity contribution in [3.05, 3.63) is 75.3 Å². The molecule has 2 aromatic carbocycles. The molecule has 4 nitrogen and oxygen atoms in total. The van der Waals surface area contributed by atoms with Crippen LogP contribution in [0.15, 0.2) is 48.5 Å². The molecule has 1 aromatic heterocycles. The van der Waals surface area contributed by atoms with E-state index in [1.54, 1.807) is 0 Å². The first-order valence-electron chi connectivity index (χ1n) is 8.20. The van der Waals surface area contributed by atoms with Gasteiger partial charge in [0.2, 0.25) is 0 Å². The van der Waals surface area contributed by atoms with Crippen molar-refractivity contribution in [3.8, 4) is 5.75 Å².